The summed E-state index contributed by atoms with van der Waals surface area (Å²) in [5.74, 6) is 0. The Hall–Kier alpha value is -1.65. The van der Waals surface area contributed by atoms with Crippen molar-refractivity contribution in [2.75, 3.05) is 6.54 Å². The second-order valence-corrected chi connectivity index (χ2v) is 4.73. The SMILES string of the molecule is NCC(c1ccsc1)n1cnc2ccccc21. The average Bonchev–Trinajstić information content (AvgIpc) is 3.01. The van der Waals surface area contributed by atoms with Crippen LogP contribution in [0.25, 0.3) is 11.0 Å². The standard InChI is InChI=1S/C13H13N3S/c14-7-13(10-5-6-17-8-10)16-9-15-11-3-1-2-4-12(11)16/h1-6,8-9,13H,7,14H2. The molecule has 0 fully saturated rings. The lowest BCUT2D eigenvalue weighted by Gasteiger charge is -2.16. The number of hydrogen-bond donors (Lipinski definition) is 1. The van der Waals surface area contributed by atoms with Gasteiger partial charge in [0.15, 0.2) is 0 Å². The van der Waals surface area contributed by atoms with Crippen molar-refractivity contribution in [1.29, 1.82) is 0 Å². The van der Waals surface area contributed by atoms with Crippen molar-refractivity contribution in [1.82, 2.24) is 9.55 Å². The van der Waals surface area contributed by atoms with Gasteiger partial charge in [-0.1, -0.05) is 12.1 Å². The first-order valence-electron chi connectivity index (χ1n) is 5.54. The quantitative estimate of drug-likeness (QED) is 0.768. The summed E-state index contributed by atoms with van der Waals surface area (Å²) >= 11 is 1.70. The molecule has 0 saturated carbocycles. The van der Waals surface area contributed by atoms with Crippen LogP contribution in [0, 0.1) is 0 Å². The van der Waals surface area contributed by atoms with Gasteiger partial charge in [0.25, 0.3) is 0 Å². The number of para-hydroxylation sites is 2. The third-order valence-corrected chi connectivity index (χ3v) is 3.67. The van der Waals surface area contributed by atoms with E-state index in [-0.39, 0.29) is 6.04 Å². The van der Waals surface area contributed by atoms with E-state index in [1.165, 1.54) is 5.56 Å². The molecule has 0 spiro atoms. The summed E-state index contributed by atoms with van der Waals surface area (Å²) in [5, 5.41) is 4.23. The summed E-state index contributed by atoms with van der Waals surface area (Å²) in [6.07, 6.45) is 1.87. The van der Waals surface area contributed by atoms with Gasteiger partial charge in [0.1, 0.15) is 0 Å². The van der Waals surface area contributed by atoms with Crippen molar-refractivity contribution < 1.29 is 0 Å². The van der Waals surface area contributed by atoms with Gasteiger partial charge in [-0.3, -0.25) is 0 Å². The van der Waals surface area contributed by atoms with Gasteiger partial charge in [0.05, 0.1) is 23.4 Å². The summed E-state index contributed by atoms with van der Waals surface area (Å²) in [7, 11) is 0. The fraction of sp³-hybridized carbons (Fsp3) is 0.154. The summed E-state index contributed by atoms with van der Waals surface area (Å²) in [5.41, 5.74) is 9.30. The van der Waals surface area contributed by atoms with E-state index < -0.39 is 0 Å². The Morgan fingerprint density at radius 3 is 2.94 bits per heavy atom. The molecule has 0 bridgehead atoms. The Balaban J connectivity index is 2.13. The second kappa shape index (κ2) is 4.31. The van der Waals surface area contributed by atoms with Crippen LogP contribution in [0.2, 0.25) is 0 Å². The van der Waals surface area contributed by atoms with Gasteiger partial charge in [-0.05, 0) is 34.5 Å². The number of fused-ring (bicyclic) bond motifs is 1. The predicted molar refractivity (Wildman–Crippen MR) is 71.2 cm³/mol. The maximum atomic E-state index is 5.90. The minimum atomic E-state index is 0.175. The van der Waals surface area contributed by atoms with Crippen molar-refractivity contribution in [3.8, 4) is 0 Å². The van der Waals surface area contributed by atoms with E-state index in [4.69, 9.17) is 5.73 Å². The van der Waals surface area contributed by atoms with Crippen LogP contribution in [-0.4, -0.2) is 16.1 Å². The van der Waals surface area contributed by atoms with Crippen molar-refractivity contribution in [3.05, 3.63) is 53.0 Å². The largest absolute Gasteiger partial charge is 0.328 e. The van der Waals surface area contributed by atoms with Crippen LogP contribution in [-0.2, 0) is 0 Å². The Kier molecular flexibility index (Phi) is 2.66. The molecule has 2 aromatic heterocycles. The third-order valence-electron chi connectivity index (χ3n) is 2.97. The Labute approximate surface area is 104 Å². The summed E-state index contributed by atoms with van der Waals surface area (Å²) in [4.78, 5) is 4.41. The molecule has 3 aromatic rings. The van der Waals surface area contributed by atoms with Crippen LogP contribution in [0.1, 0.15) is 11.6 Å². The molecule has 2 N–H and O–H groups in total. The van der Waals surface area contributed by atoms with Gasteiger partial charge in [-0.25, -0.2) is 4.98 Å². The highest BCUT2D eigenvalue weighted by Gasteiger charge is 2.14. The molecule has 1 atom stereocenters. The molecular formula is C13H13N3S. The number of nitrogens with zero attached hydrogens (tertiary/aromatic N) is 2. The van der Waals surface area contributed by atoms with Gasteiger partial charge < -0.3 is 10.3 Å². The highest BCUT2D eigenvalue weighted by atomic mass is 32.1. The highest BCUT2D eigenvalue weighted by Crippen LogP contribution is 2.24. The Morgan fingerprint density at radius 2 is 2.18 bits per heavy atom. The normalized spacial score (nSPS) is 13.0. The Morgan fingerprint density at radius 1 is 1.29 bits per heavy atom. The molecule has 0 amide bonds. The van der Waals surface area contributed by atoms with Gasteiger partial charge in [-0.15, -0.1) is 0 Å². The van der Waals surface area contributed by atoms with E-state index in [0.29, 0.717) is 6.54 Å². The molecule has 0 saturated heterocycles. The van der Waals surface area contributed by atoms with E-state index in [2.05, 4.69) is 32.4 Å². The maximum absolute atomic E-state index is 5.90. The van der Waals surface area contributed by atoms with Crippen LogP contribution < -0.4 is 5.73 Å². The molecule has 17 heavy (non-hydrogen) atoms. The zero-order valence-electron chi connectivity index (χ0n) is 9.28. The van der Waals surface area contributed by atoms with Crippen LogP contribution in [0.4, 0.5) is 0 Å². The van der Waals surface area contributed by atoms with Crippen molar-refractivity contribution in [2.24, 2.45) is 5.73 Å². The molecule has 1 aromatic carbocycles. The molecule has 1 unspecified atom stereocenters. The zero-order valence-corrected chi connectivity index (χ0v) is 10.1. The lowest BCUT2D eigenvalue weighted by atomic mass is 10.1. The lowest BCUT2D eigenvalue weighted by Crippen LogP contribution is -2.19. The van der Waals surface area contributed by atoms with Crippen LogP contribution >= 0.6 is 11.3 Å². The van der Waals surface area contributed by atoms with E-state index in [1.807, 2.05) is 24.5 Å². The first kappa shape index (κ1) is 10.5. The fourth-order valence-corrected chi connectivity index (χ4v) is 2.81. The molecule has 86 valence electrons. The maximum Gasteiger partial charge on any atom is 0.0964 e. The lowest BCUT2D eigenvalue weighted by molar-refractivity contribution is 0.612. The molecule has 2 heterocycles. The van der Waals surface area contributed by atoms with Gasteiger partial charge in [-0.2, -0.15) is 11.3 Å². The molecule has 0 aliphatic rings. The zero-order chi connectivity index (χ0) is 11.7. The van der Waals surface area contributed by atoms with Crippen LogP contribution in [0.15, 0.2) is 47.4 Å². The summed E-state index contributed by atoms with van der Waals surface area (Å²) < 4.78 is 2.15. The Bertz CT molecular complexity index is 612. The number of aromatic nitrogens is 2. The molecule has 0 aliphatic heterocycles. The number of benzene rings is 1. The van der Waals surface area contributed by atoms with E-state index in [1.54, 1.807) is 11.3 Å². The molecule has 4 heteroatoms. The topological polar surface area (TPSA) is 43.8 Å². The average molecular weight is 243 g/mol. The summed E-state index contributed by atoms with van der Waals surface area (Å²) in [6, 6.07) is 10.4. The van der Waals surface area contributed by atoms with E-state index in [0.717, 1.165) is 11.0 Å². The van der Waals surface area contributed by atoms with Gasteiger partial charge >= 0.3 is 0 Å². The third kappa shape index (κ3) is 1.75. The smallest absolute Gasteiger partial charge is 0.0964 e. The van der Waals surface area contributed by atoms with Crippen LogP contribution in [0.3, 0.4) is 0 Å². The highest BCUT2D eigenvalue weighted by molar-refractivity contribution is 7.07. The molecule has 3 nitrogen and oxygen atoms in total. The fourth-order valence-electron chi connectivity index (χ4n) is 2.10. The van der Waals surface area contributed by atoms with Crippen molar-refractivity contribution in [3.63, 3.8) is 0 Å². The first-order chi connectivity index (χ1) is 8.40. The minimum absolute atomic E-state index is 0.175. The van der Waals surface area contributed by atoms with Crippen LogP contribution in [0.5, 0.6) is 0 Å². The number of nitrogens with two attached hydrogens (primary N) is 1. The molecule has 0 aliphatic carbocycles. The monoisotopic (exact) mass is 243 g/mol. The van der Waals surface area contributed by atoms with E-state index >= 15 is 0 Å². The molecular weight excluding hydrogens is 230 g/mol. The molecule has 0 radical (unpaired) electrons. The summed E-state index contributed by atoms with van der Waals surface area (Å²) in [6.45, 7) is 0.580. The minimum Gasteiger partial charge on any atom is -0.328 e. The number of rotatable bonds is 3. The number of imidazole rings is 1. The number of hydrogen-bond acceptors (Lipinski definition) is 3. The molecule has 3 rings (SSSR count). The van der Waals surface area contributed by atoms with Crippen molar-refractivity contribution >= 4 is 22.4 Å². The van der Waals surface area contributed by atoms with Gasteiger partial charge in [0.2, 0.25) is 0 Å². The number of thiophene rings is 1. The van der Waals surface area contributed by atoms with Crippen molar-refractivity contribution in [2.45, 2.75) is 6.04 Å². The second-order valence-electron chi connectivity index (χ2n) is 3.95. The van der Waals surface area contributed by atoms with E-state index in [9.17, 15) is 0 Å². The predicted octanol–water partition coefficient (Wildman–Crippen LogP) is 2.65. The van der Waals surface area contributed by atoms with Gasteiger partial charge in [0, 0.05) is 6.54 Å². The first-order valence-corrected chi connectivity index (χ1v) is 6.48.